The second kappa shape index (κ2) is 6.79. The first-order valence-corrected chi connectivity index (χ1v) is 6.38. The molecule has 22 heavy (non-hydrogen) atoms. The van der Waals surface area contributed by atoms with E-state index in [0.29, 0.717) is 0 Å². The number of hydrogen-bond donors (Lipinski definition) is 1. The number of ether oxygens (including phenoxy) is 1. The zero-order valence-electron chi connectivity index (χ0n) is 11.6. The van der Waals surface area contributed by atoms with Crippen molar-refractivity contribution in [1.29, 1.82) is 0 Å². The highest BCUT2D eigenvalue weighted by atomic mass is 19.3. The maximum absolute atomic E-state index is 12.1. The number of hydrogen-bond acceptors (Lipinski definition) is 5. The molecule has 0 fully saturated rings. The molecule has 1 atom stereocenters. The van der Waals surface area contributed by atoms with Gasteiger partial charge in [-0.3, -0.25) is 10.1 Å². The van der Waals surface area contributed by atoms with Crippen molar-refractivity contribution >= 4 is 11.5 Å². The van der Waals surface area contributed by atoms with Crippen molar-refractivity contribution in [3.63, 3.8) is 0 Å². The number of nitrogens with one attached hydrogen (secondary N) is 1. The fourth-order valence-corrected chi connectivity index (χ4v) is 1.88. The number of benzene rings is 1. The molecule has 0 saturated heterocycles. The summed E-state index contributed by atoms with van der Waals surface area (Å²) >= 11 is 0. The Morgan fingerprint density at radius 3 is 2.55 bits per heavy atom. The van der Waals surface area contributed by atoms with Gasteiger partial charge >= 0.3 is 12.3 Å². The molecule has 1 aromatic heterocycles. The van der Waals surface area contributed by atoms with E-state index in [0.717, 1.165) is 5.56 Å². The highest BCUT2D eigenvalue weighted by Crippen LogP contribution is 2.26. The highest BCUT2D eigenvalue weighted by Gasteiger charge is 2.16. The number of halogens is 2. The van der Waals surface area contributed by atoms with Crippen LogP contribution in [-0.2, 0) is 0 Å². The Morgan fingerprint density at radius 2 is 1.95 bits per heavy atom. The van der Waals surface area contributed by atoms with Crippen molar-refractivity contribution in [2.45, 2.75) is 19.6 Å². The van der Waals surface area contributed by atoms with Crippen LogP contribution in [0.2, 0.25) is 0 Å². The molecule has 1 aromatic carbocycles. The lowest BCUT2D eigenvalue weighted by atomic mass is 10.1. The van der Waals surface area contributed by atoms with Crippen LogP contribution in [0.3, 0.4) is 0 Å². The third kappa shape index (κ3) is 3.87. The molecule has 0 radical (unpaired) electrons. The van der Waals surface area contributed by atoms with E-state index < -0.39 is 11.5 Å². The lowest BCUT2D eigenvalue weighted by Crippen LogP contribution is -2.10. The van der Waals surface area contributed by atoms with E-state index in [-0.39, 0.29) is 23.3 Å². The molecule has 0 aliphatic heterocycles. The minimum atomic E-state index is -2.88. The first-order valence-electron chi connectivity index (χ1n) is 6.38. The van der Waals surface area contributed by atoms with Gasteiger partial charge in [0.25, 0.3) is 0 Å². The van der Waals surface area contributed by atoms with E-state index in [1.54, 1.807) is 19.1 Å². The Morgan fingerprint density at radius 1 is 1.27 bits per heavy atom. The molecule has 1 N–H and O–H groups in total. The quantitative estimate of drug-likeness (QED) is 0.649. The number of anilines is 1. The lowest BCUT2D eigenvalue weighted by Gasteiger charge is -2.15. The summed E-state index contributed by atoms with van der Waals surface area (Å²) in [5.74, 6) is 0.197. The smallest absolute Gasteiger partial charge is 0.387 e. The van der Waals surface area contributed by atoms with Crippen LogP contribution in [0.15, 0.2) is 42.6 Å². The molecule has 0 aliphatic carbocycles. The fourth-order valence-electron chi connectivity index (χ4n) is 1.88. The van der Waals surface area contributed by atoms with E-state index >= 15 is 0 Å². The Labute approximate surface area is 124 Å². The molecular weight excluding hydrogens is 296 g/mol. The molecule has 8 heteroatoms. The molecule has 2 rings (SSSR count). The van der Waals surface area contributed by atoms with E-state index in [1.165, 1.54) is 30.5 Å². The molecule has 0 spiro atoms. The van der Waals surface area contributed by atoms with Crippen molar-refractivity contribution in [3.05, 3.63) is 58.3 Å². The zero-order chi connectivity index (χ0) is 16.1. The molecule has 2 aromatic rings. The zero-order valence-corrected chi connectivity index (χ0v) is 11.6. The monoisotopic (exact) mass is 309 g/mol. The fraction of sp³-hybridized carbons (Fsp3) is 0.214. The number of pyridine rings is 1. The summed E-state index contributed by atoms with van der Waals surface area (Å²) in [5, 5.41) is 13.9. The van der Waals surface area contributed by atoms with Gasteiger partial charge in [-0.1, -0.05) is 12.1 Å². The van der Waals surface area contributed by atoms with Gasteiger partial charge < -0.3 is 10.1 Å². The summed E-state index contributed by atoms with van der Waals surface area (Å²) < 4.78 is 28.4. The topological polar surface area (TPSA) is 77.3 Å². The van der Waals surface area contributed by atoms with Crippen molar-refractivity contribution in [2.24, 2.45) is 0 Å². The van der Waals surface area contributed by atoms with Crippen LogP contribution in [0.25, 0.3) is 0 Å². The molecule has 0 saturated carbocycles. The Bertz CT molecular complexity index is 650. The van der Waals surface area contributed by atoms with Gasteiger partial charge in [-0.25, -0.2) is 4.98 Å². The van der Waals surface area contributed by atoms with Gasteiger partial charge in [-0.2, -0.15) is 8.78 Å². The summed E-state index contributed by atoms with van der Waals surface area (Å²) in [6.45, 7) is -1.10. The normalized spacial score (nSPS) is 12.0. The molecule has 0 bridgehead atoms. The van der Waals surface area contributed by atoms with Gasteiger partial charge in [0.2, 0.25) is 5.82 Å². The lowest BCUT2D eigenvalue weighted by molar-refractivity contribution is -0.384. The summed E-state index contributed by atoms with van der Waals surface area (Å²) in [5.41, 5.74) is 0.619. The molecule has 6 nitrogen and oxygen atoms in total. The summed E-state index contributed by atoms with van der Waals surface area (Å²) in [7, 11) is 0. The van der Waals surface area contributed by atoms with E-state index in [4.69, 9.17) is 0 Å². The minimum absolute atomic E-state index is 0.0507. The predicted molar refractivity (Wildman–Crippen MR) is 76.0 cm³/mol. The molecular formula is C14H13F2N3O3. The molecule has 0 amide bonds. The molecule has 0 aliphatic rings. The van der Waals surface area contributed by atoms with Crippen molar-refractivity contribution in [1.82, 2.24) is 4.98 Å². The second-order valence-corrected chi connectivity index (χ2v) is 4.44. The van der Waals surface area contributed by atoms with Crippen LogP contribution in [0.4, 0.5) is 20.3 Å². The average molecular weight is 309 g/mol. The molecule has 116 valence electrons. The van der Waals surface area contributed by atoms with Crippen LogP contribution in [0, 0.1) is 10.1 Å². The van der Waals surface area contributed by atoms with Crippen LogP contribution >= 0.6 is 0 Å². The molecule has 1 heterocycles. The second-order valence-electron chi connectivity index (χ2n) is 4.44. The van der Waals surface area contributed by atoms with Crippen LogP contribution in [0.1, 0.15) is 18.5 Å². The standard InChI is InChI=1S/C14H13F2N3O3/c1-9(10-4-6-11(7-5-10)22-14(15)16)18-13-12(19(20)21)3-2-8-17-13/h2-9,14H,1H3,(H,17,18)/t9-/m1/s1. The first kappa shape index (κ1) is 15.6. The van der Waals surface area contributed by atoms with Gasteiger partial charge in [0.1, 0.15) is 5.75 Å². The summed E-state index contributed by atoms with van der Waals surface area (Å²) in [6, 6.07) is 8.55. The number of aromatic nitrogens is 1. The van der Waals surface area contributed by atoms with Crippen molar-refractivity contribution in [2.75, 3.05) is 5.32 Å². The SMILES string of the molecule is C[C@@H](Nc1ncccc1[N+](=O)[O-])c1ccc(OC(F)F)cc1. The van der Waals surface area contributed by atoms with Crippen molar-refractivity contribution in [3.8, 4) is 5.75 Å². The van der Waals surface area contributed by atoms with Gasteiger partial charge in [-0.05, 0) is 30.7 Å². The average Bonchev–Trinajstić information content (AvgIpc) is 2.47. The van der Waals surface area contributed by atoms with Gasteiger partial charge in [0.15, 0.2) is 0 Å². The molecule has 0 unspecified atom stereocenters. The van der Waals surface area contributed by atoms with Crippen molar-refractivity contribution < 1.29 is 18.4 Å². The summed E-state index contributed by atoms with van der Waals surface area (Å²) in [4.78, 5) is 14.3. The van der Waals surface area contributed by atoms with Crippen LogP contribution in [0.5, 0.6) is 5.75 Å². The Kier molecular flexibility index (Phi) is 4.82. The van der Waals surface area contributed by atoms with Gasteiger partial charge in [0, 0.05) is 12.3 Å². The number of alkyl halides is 2. The largest absolute Gasteiger partial charge is 0.435 e. The third-order valence-corrected chi connectivity index (χ3v) is 2.94. The predicted octanol–water partition coefficient (Wildman–Crippen LogP) is 3.76. The maximum Gasteiger partial charge on any atom is 0.387 e. The maximum atomic E-state index is 12.1. The number of nitro groups is 1. The number of nitrogens with zero attached hydrogens (tertiary/aromatic N) is 2. The van der Waals surface area contributed by atoms with E-state index in [9.17, 15) is 18.9 Å². The number of rotatable bonds is 6. The first-order chi connectivity index (χ1) is 10.5. The van der Waals surface area contributed by atoms with E-state index in [2.05, 4.69) is 15.0 Å². The van der Waals surface area contributed by atoms with Gasteiger partial charge in [0.05, 0.1) is 11.0 Å². The van der Waals surface area contributed by atoms with Gasteiger partial charge in [-0.15, -0.1) is 0 Å². The third-order valence-electron chi connectivity index (χ3n) is 2.94. The Balaban J connectivity index is 2.12. The summed E-state index contributed by atoms with van der Waals surface area (Å²) in [6.07, 6.45) is 1.45. The highest BCUT2D eigenvalue weighted by molar-refractivity contribution is 5.56. The Hall–Kier alpha value is -2.77. The van der Waals surface area contributed by atoms with Crippen LogP contribution in [-0.4, -0.2) is 16.5 Å². The van der Waals surface area contributed by atoms with Crippen LogP contribution < -0.4 is 10.1 Å². The van der Waals surface area contributed by atoms with E-state index in [1.807, 2.05) is 0 Å². The minimum Gasteiger partial charge on any atom is -0.435 e.